The van der Waals surface area contributed by atoms with Crippen molar-refractivity contribution in [3.05, 3.63) is 36.2 Å². The van der Waals surface area contributed by atoms with Crippen molar-refractivity contribution < 1.29 is 33.2 Å². The van der Waals surface area contributed by atoms with Gasteiger partial charge in [-0.25, -0.2) is 9.97 Å². The van der Waals surface area contributed by atoms with Crippen LogP contribution in [-0.4, -0.2) is 57.2 Å². The molecule has 4 rings (SSSR count). The normalized spacial score (nSPS) is 11.9. The number of methoxy groups -OCH3 is 3. The fourth-order valence-corrected chi connectivity index (χ4v) is 3.73. The first-order valence-electron chi connectivity index (χ1n) is 10.3. The summed E-state index contributed by atoms with van der Waals surface area (Å²) in [5.41, 5.74) is 1.43. The molecule has 0 bridgehead atoms. The van der Waals surface area contributed by atoms with E-state index in [1.54, 1.807) is 13.0 Å². The summed E-state index contributed by atoms with van der Waals surface area (Å²) in [4.78, 5) is 23.2. The van der Waals surface area contributed by atoms with Gasteiger partial charge in [0.2, 0.25) is 12.5 Å². The molecule has 0 saturated carbocycles. The Bertz CT molecular complexity index is 1170. The first-order valence-corrected chi connectivity index (χ1v) is 10.3. The molecule has 0 unspecified atom stereocenters. The fraction of sp³-hybridized carbons (Fsp3) is 0.348. The van der Waals surface area contributed by atoms with Gasteiger partial charge >= 0.3 is 5.97 Å². The Morgan fingerprint density at radius 1 is 1.03 bits per heavy atom. The average Bonchev–Trinajstić information content (AvgIpc) is 3.30. The van der Waals surface area contributed by atoms with Gasteiger partial charge in [-0.2, -0.15) is 0 Å². The fourth-order valence-electron chi connectivity index (χ4n) is 3.73. The van der Waals surface area contributed by atoms with Crippen molar-refractivity contribution in [2.45, 2.75) is 13.5 Å². The molecule has 0 aliphatic carbocycles. The summed E-state index contributed by atoms with van der Waals surface area (Å²) in [7, 11) is 4.60. The van der Waals surface area contributed by atoms with E-state index in [0.717, 1.165) is 5.56 Å². The number of hydrogen-bond acceptors (Lipinski definition) is 10. The second kappa shape index (κ2) is 9.68. The van der Waals surface area contributed by atoms with E-state index in [0.29, 0.717) is 52.0 Å². The molecule has 0 saturated heterocycles. The van der Waals surface area contributed by atoms with E-state index < -0.39 is 0 Å². The van der Waals surface area contributed by atoms with Gasteiger partial charge in [0, 0.05) is 6.54 Å². The topological polar surface area (TPSA) is 101 Å². The van der Waals surface area contributed by atoms with Crippen molar-refractivity contribution in [1.82, 2.24) is 9.97 Å². The molecular weight excluding hydrogens is 430 g/mol. The highest BCUT2D eigenvalue weighted by atomic mass is 16.7. The van der Waals surface area contributed by atoms with E-state index in [2.05, 4.69) is 9.97 Å². The summed E-state index contributed by atoms with van der Waals surface area (Å²) >= 11 is 0. The Morgan fingerprint density at radius 2 is 1.82 bits per heavy atom. The van der Waals surface area contributed by atoms with Gasteiger partial charge in [0.25, 0.3) is 0 Å². The van der Waals surface area contributed by atoms with E-state index in [4.69, 9.17) is 28.4 Å². The molecule has 3 aromatic rings. The van der Waals surface area contributed by atoms with Crippen LogP contribution in [0, 0.1) is 0 Å². The van der Waals surface area contributed by atoms with Crippen molar-refractivity contribution in [3.63, 3.8) is 0 Å². The molecule has 0 N–H and O–H groups in total. The summed E-state index contributed by atoms with van der Waals surface area (Å²) in [6.45, 7) is 2.56. The predicted octanol–water partition coefficient (Wildman–Crippen LogP) is 2.95. The number of carbonyl (C=O) groups is 1. The Labute approximate surface area is 190 Å². The first kappa shape index (κ1) is 22.3. The van der Waals surface area contributed by atoms with Gasteiger partial charge in [-0.3, -0.25) is 4.79 Å². The number of carbonyl (C=O) groups excluding carboxylic acids is 1. The summed E-state index contributed by atoms with van der Waals surface area (Å²) in [6, 6.07) is 7.41. The number of aromatic nitrogens is 2. The number of fused-ring (bicyclic) bond motifs is 2. The van der Waals surface area contributed by atoms with Gasteiger partial charge < -0.3 is 33.3 Å². The second-order valence-electron chi connectivity index (χ2n) is 7.09. The van der Waals surface area contributed by atoms with E-state index in [-0.39, 0.29) is 25.9 Å². The minimum Gasteiger partial charge on any atom is -0.493 e. The summed E-state index contributed by atoms with van der Waals surface area (Å²) < 4.78 is 32.7. The van der Waals surface area contributed by atoms with Gasteiger partial charge in [-0.05, 0) is 30.7 Å². The summed E-state index contributed by atoms with van der Waals surface area (Å²) in [5, 5.41) is 0.636. The molecule has 174 valence electrons. The van der Waals surface area contributed by atoms with Crippen LogP contribution >= 0.6 is 0 Å². The first-order chi connectivity index (χ1) is 16.1. The third-order valence-corrected chi connectivity index (χ3v) is 5.15. The Kier molecular flexibility index (Phi) is 6.53. The highest BCUT2D eigenvalue weighted by Crippen LogP contribution is 2.44. The van der Waals surface area contributed by atoms with Crippen LogP contribution in [0.2, 0.25) is 0 Å². The highest BCUT2D eigenvalue weighted by Gasteiger charge is 2.24. The third kappa shape index (κ3) is 4.36. The molecule has 2 aromatic carbocycles. The largest absolute Gasteiger partial charge is 0.493 e. The molecule has 0 radical (unpaired) electrons. The zero-order valence-electron chi connectivity index (χ0n) is 18.9. The number of nitrogens with zero attached hydrogens (tertiary/aromatic N) is 3. The SMILES string of the molecule is CCOC(=O)CN(Cc1ccc2c(c1)OCO2)c1ncnc2c(OC)c(OC)c(OC)cc12. The van der Waals surface area contributed by atoms with E-state index in [9.17, 15) is 4.79 Å². The van der Waals surface area contributed by atoms with Crippen LogP contribution in [0.1, 0.15) is 12.5 Å². The molecule has 2 heterocycles. The number of ether oxygens (including phenoxy) is 6. The molecule has 0 amide bonds. The van der Waals surface area contributed by atoms with Gasteiger partial charge in [-0.15, -0.1) is 0 Å². The van der Waals surface area contributed by atoms with Crippen molar-refractivity contribution in [1.29, 1.82) is 0 Å². The Morgan fingerprint density at radius 3 is 2.55 bits per heavy atom. The maximum Gasteiger partial charge on any atom is 0.325 e. The van der Waals surface area contributed by atoms with Crippen LogP contribution in [0.5, 0.6) is 28.7 Å². The molecule has 33 heavy (non-hydrogen) atoms. The van der Waals surface area contributed by atoms with Gasteiger partial charge in [0.15, 0.2) is 23.0 Å². The van der Waals surface area contributed by atoms with E-state index in [1.807, 2.05) is 23.1 Å². The monoisotopic (exact) mass is 455 g/mol. The molecule has 1 aliphatic rings. The van der Waals surface area contributed by atoms with Crippen LogP contribution in [0.25, 0.3) is 10.9 Å². The minimum absolute atomic E-state index is 0.0228. The lowest BCUT2D eigenvalue weighted by molar-refractivity contribution is -0.141. The lowest BCUT2D eigenvalue weighted by Crippen LogP contribution is -2.31. The lowest BCUT2D eigenvalue weighted by Gasteiger charge is -2.25. The molecule has 10 nitrogen and oxygen atoms in total. The van der Waals surface area contributed by atoms with Gasteiger partial charge in [0.1, 0.15) is 24.2 Å². The Balaban J connectivity index is 1.82. The molecule has 0 fully saturated rings. The van der Waals surface area contributed by atoms with Crippen molar-refractivity contribution >= 4 is 22.7 Å². The molecule has 0 atom stereocenters. The van der Waals surface area contributed by atoms with E-state index in [1.165, 1.54) is 27.7 Å². The molecular formula is C23H25N3O7. The van der Waals surface area contributed by atoms with Crippen molar-refractivity contribution in [2.24, 2.45) is 0 Å². The van der Waals surface area contributed by atoms with Crippen LogP contribution in [0.3, 0.4) is 0 Å². The number of hydrogen-bond donors (Lipinski definition) is 0. The number of anilines is 1. The summed E-state index contributed by atoms with van der Waals surface area (Å²) in [6.07, 6.45) is 1.42. The van der Waals surface area contributed by atoms with Crippen LogP contribution in [-0.2, 0) is 16.1 Å². The molecule has 0 spiro atoms. The quantitative estimate of drug-likeness (QED) is 0.448. The van der Waals surface area contributed by atoms with Crippen LogP contribution < -0.4 is 28.6 Å². The molecule has 1 aromatic heterocycles. The minimum atomic E-state index is -0.377. The highest BCUT2D eigenvalue weighted by molar-refractivity contribution is 5.97. The maximum absolute atomic E-state index is 12.5. The summed E-state index contributed by atoms with van der Waals surface area (Å²) in [5.74, 6) is 2.77. The van der Waals surface area contributed by atoms with Gasteiger partial charge in [-0.1, -0.05) is 6.07 Å². The standard InChI is InChI=1S/C23H25N3O7/c1-5-31-19(27)11-26(10-14-6-7-16-17(8-14)33-13-32-16)23-15-9-18(28-2)21(29-3)22(30-4)20(15)24-12-25-23/h6-9,12H,5,10-11,13H2,1-4H3. The zero-order chi connectivity index (χ0) is 23.4. The smallest absolute Gasteiger partial charge is 0.325 e. The third-order valence-electron chi connectivity index (χ3n) is 5.15. The van der Waals surface area contributed by atoms with Crippen LogP contribution in [0.4, 0.5) is 5.82 Å². The van der Waals surface area contributed by atoms with Crippen molar-refractivity contribution in [3.8, 4) is 28.7 Å². The molecule has 1 aliphatic heterocycles. The lowest BCUT2D eigenvalue weighted by atomic mass is 10.1. The number of esters is 1. The number of benzene rings is 2. The van der Waals surface area contributed by atoms with Crippen molar-refractivity contribution in [2.75, 3.05) is 46.2 Å². The Hall–Kier alpha value is -3.95. The average molecular weight is 455 g/mol. The predicted molar refractivity (Wildman–Crippen MR) is 119 cm³/mol. The maximum atomic E-state index is 12.5. The van der Waals surface area contributed by atoms with E-state index >= 15 is 0 Å². The molecule has 10 heteroatoms. The van der Waals surface area contributed by atoms with Crippen LogP contribution in [0.15, 0.2) is 30.6 Å². The van der Waals surface area contributed by atoms with Gasteiger partial charge in [0.05, 0.1) is 33.3 Å². The zero-order valence-corrected chi connectivity index (χ0v) is 18.9. The number of rotatable bonds is 9. The second-order valence-corrected chi connectivity index (χ2v) is 7.09.